The van der Waals surface area contributed by atoms with Gasteiger partial charge >= 0.3 is 0 Å². The summed E-state index contributed by atoms with van der Waals surface area (Å²) in [7, 11) is 2.03. The Balaban J connectivity index is 2.12. The maximum atomic E-state index is 6.15. The van der Waals surface area contributed by atoms with Gasteiger partial charge in [-0.05, 0) is 36.7 Å². The van der Waals surface area contributed by atoms with Gasteiger partial charge in [-0.15, -0.1) is 0 Å². The van der Waals surface area contributed by atoms with Crippen molar-refractivity contribution in [2.75, 3.05) is 6.54 Å². The summed E-state index contributed by atoms with van der Waals surface area (Å²) in [5, 5.41) is 4.28. The molecule has 1 N–H and O–H groups in total. The van der Waals surface area contributed by atoms with E-state index in [1.165, 1.54) is 5.56 Å². The van der Waals surface area contributed by atoms with Gasteiger partial charge in [0.25, 0.3) is 0 Å². The van der Waals surface area contributed by atoms with E-state index in [0.29, 0.717) is 0 Å². The zero-order chi connectivity index (χ0) is 14.5. The van der Waals surface area contributed by atoms with Gasteiger partial charge < -0.3 is 9.88 Å². The molecule has 20 heavy (non-hydrogen) atoms. The molecule has 108 valence electrons. The number of aryl methyl sites for hydroxylation is 2. The van der Waals surface area contributed by atoms with Crippen LogP contribution in [0.15, 0.2) is 35.1 Å². The Hall–Kier alpha value is -0.840. The van der Waals surface area contributed by atoms with Gasteiger partial charge in [0.05, 0.1) is 0 Å². The minimum Gasteiger partial charge on any atom is -0.338 e. The number of halogens is 2. The predicted octanol–water partition coefficient (Wildman–Crippen LogP) is 4.12. The summed E-state index contributed by atoms with van der Waals surface area (Å²) in [5.74, 6) is 1.11. The first-order valence-corrected chi connectivity index (χ1v) is 7.92. The molecule has 2 rings (SSSR count). The second-order valence-corrected chi connectivity index (χ2v) is 6.16. The van der Waals surface area contributed by atoms with Crippen LogP contribution in [-0.2, 0) is 13.5 Å². The normalized spacial score (nSPS) is 12.6. The number of hydrogen-bond acceptors (Lipinski definition) is 2. The fourth-order valence-corrected chi connectivity index (χ4v) is 3.21. The van der Waals surface area contributed by atoms with E-state index in [2.05, 4.69) is 43.8 Å². The van der Waals surface area contributed by atoms with E-state index in [9.17, 15) is 0 Å². The smallest absolute Gasteiger partial charge is 0.108 e. The van der Waals surface area contributed by atoms with Crippen LogP contribution < -0.4 is 5.32 Å². The maximum Gasteiger partial charge on any atom is 0.108 e. The van der Waals surface area contributed by atoms with E-state index in [4.69, 9.17) is 11.6 Å². The van der Waals surface area contributed by atoms with Crippen LogP contribution in [0.4, 0.5) is 0 Å². The van der Waals surface area contributed by atoms with Crippen molar-refractivity contribution in [1.82, 2.24) is 14.9 Å². The molecule has 0 aliphatic heterocycles. The second-order valence-electron chi connectivity index (χ2n) is 4.81. The standard InChI is InChI=1S/C15H19BrClN3/c1-3-18-14(4-5-15-19-6-7-20(15)2)11-8-12(16)10-13(17)9-11/h6-10,14,18H,3-5H2,1-2H3. The topological polar surface area (TPSA) is 29.9 Å². The Bertz CT molecular complexity index is 548. The molecule has 0 amide bonds. The molecule has 0 bridgehead atoms. The Labute approximate surface area is 133 Å². The highest BCUT2D eigenvalue weighted by Gasteiger charge is 2.13. The summed E-state index contributed by atoms with van der Waals surface area (Å²) in [5.41, 5.74) is 1.21. The van der Waals surface area contributed by atoms with Crippen molar-refractivity contribution in [1.29, 1.82) is 0 Å². The number of aromatic nitrogens is 2. The lowest BCUT2D eigenvalue weighted by atomic mass is 10.0. The van der Waals surface area contributed by atoms with Crippen LogP contribution in [-0.4, -0.2) is 16.1 Å². The van der Waals surface area contributed by atoms with E-state index < -0.39 is 0 Å². The molecule has 1 aromatic heterocycles. The fourth-order valence-electron chi connectivity index (χ4n) is 2.32. The molecule has 1 heterocycles. The number of hydrogen-bond donors (Lipinski definition) is 1. The first-order valence-electron chi connectivity index (χ1n) is 6.75. The predicted molar refractivity (Wildman–Crippen MR) is 87.1 cm³/mol. The molecule has 5 heteroatoms. The van der Waals surface area contributed by atoms with E-state index in [1.807, 2.05) is 31.6 Å². The Morgan fingerprint density at radius 2 is 2.20 bits per heavy atom. The molecule has 3 nitrogen and oxygen atoms in total. The van der Waals surface area contributed by atoms with Gasteiger partial charge in [-0.2, -0.15) is 0 Å². The summed E-state index contributed by atoms with van der Waals surface area (Å²) in [4.78, 5) is 4.38. The van der Waals surface area contributed by atoms with Gasteiger partial charge in [0.1, 0.15) is 5.82 Å². The molecule has 1 unspecified atom stereocenters. The molecule has 0 spiro atoms. The lowest BCUT2D eigenvalue weighted by Crippen LogP contribution is -2.22. The van der Waals surface area contributed by atoms with Crippen molar-refractivity contribution in [2.24, 2.45) is 7.05 Å². The summed E-state index contributed by atoms with van der Waals surface area (Å²) >= 11 is 9.65. The van der Waals surface area contributed by atoms with Gasteiger partial charge in [0.15, 0.2) is 0 Å². The van der Waals surface area contributed by atoms with Crippen LogP contribution >= 0.6 is 27.5 Å². The molecule has 0 saturated carbocycles. The summed E-state index contributed by atoms with van der Waals surface area (Å²) in [6.07, 6.45) is 5.75. The third-order valence-corrected chi connectivity index (χ3v) is 3.99. The highest BCUT2D eigenvalue weighted by Crippen LogP contribution is 2.26. The zero-order valence-electron chi connectivity index (χ0n) is 11.7. The summed E-state index contributed by atoms with van der Waals surface area (Å²) in [6, 6.07) is 6.34. The Kier molecular flexibility index (Phi) is 5.64. The van der Waals surface area contributed by atoms with Crippen LogP contribution in [0.3, 0.4) is 0 Å². The molecule has 0 radical (unpaired) electrons. The van der Waals surface area contributed by atoms with Crippen LogP contribution in [0, 0.1) is 0 Å². The third kappa shape index (κ3) is 4.08. The van der Waals surface area contributed by atoms with Crippen molar-refractivity contribution in [3.8, 4) is 0 Å². The van der Waals surface area contributed by atoms with Crippen molar-refractivity contribution in [3.63, 3.8) is 0 Å². The van der Waals surface area contributed by atoms with Crippen molar-refractivity contribution < 1.29 is 0 Å². The van der Waals surface area contributed by atoms with Crippen LogP contribution in [0.25, 0.3) is 0 Å². The third-order valence-electron chi connectivity index (χ3n) is 3.32. The molecule has 0 saturated heterocycles. The van der Waals surface area contributed by atoms with Crippen molar-refractivity contribution in [2.45, 2.75) is 25.8 Å². The van der Waals surface area contributed by atoms with E-state index >= 15 is 0 Å². The quantitative estimate of drug-likeness (QED) is 0.844. The minimum atomic E-state index is 0.284. The number of imidazole rings is 1. The van der Waals surface area contributed by atoms with Gasteiger partial charge in [-0.3, -0.25) is 0 Å². The number of benzene rings is 1. The average molecular weight is 357 g/mol. The van der Waals surface area contributed by atoms with E-state index in [0.717, 1.165) is 34.7 Å². The summed E-state index contributed by atoms with van der Waals surface area (Å²) in [6.45, 7) is 3.04. The van der Waals surface area contributed by atoms with Gasteiger partial charge in [0.2, 0.25) is 0 Å². The minimum absolute atomic E-state index is 0.284. The Morgan fingerprint density at radius 3 is 2.80 bits per heavy atom. The lowest BCUT2D eigenvalue weighted by Gasteiger charge is -2.19. The van der Waals surface area contributed by atoms with Crippen LogP contribution in [0.2, 0.25) is 5.02 Å². The molecule has 2 aromatic rings. The molecular formula is C15H19BrClN3. The Morgan fingerprint density at radius 1 is 1.40 bits per heavy atom. The first-order chi connectivity index (χ1) is 9.60. The molecule has 0 aliphatic rings. The maximum absolute atomic E-state index is 6.15. The number of nitrogens with zero attached hydrogens (tertiary/aromatic N) is 2. The molecule has 1 aromatic carbocycles. The first kappa shape index (κ1) is 15.5. The molecular weight excluding hydrogens is 338 g/mol. The highest BCUT2D eigenvalue weighted by atomic mass is 79.9. The summed E-state index contributed by atoms with van der Waals surface area (Å²) < 4.78 is 3.08. The van der Waals surface area contributed by atoms with E-state index in [-0.39, 0.29) is 6.04 Å². The monoisotopic (exact) mass is 355 g/mol. The van der Waals surface area contributed by atoms with Crippen molar-refractivity contribution >= 4 is 27.5 Å². The van der Waals surface area contributed by atoms with Gasteiger partial charge in [-0.1, -0.05) is 34.5 Å². The largest absolute Gasteiger partial charge is 0.338 e. The molecule has 0 aliphatic carbocycles. The lowest BCUT2D eigenvalue weighted by molar-refractivity contribution is 0.505. The van der Waals surface area contributed by atoms with Crippen LogP contribution in [0.1, 0.15) is 30.8 Å². The number of rotatable bonds is 6. The van der Waals surface area contributed by atoms with Gasteiger partial charge in [-0.25, -0.2) is 4.98 Å². The SMILES string of the molecule is CCNC(CCc1nccn1C)c1cc(Cl)cc(Br)c1. The second kappa shape index (κ2) is 7.25. The zero-order valence-corrected chi connectivity index (χ0v) is 14.1. The van der Waals surface area contributed by atoms with E-state index in [1.54, 1.807) is 0 Å². The highest BCUT2D eigenvalue weighted by molar-refractivity contribution is 9.10. The fraction of sp³-hybridized carbons (Fsp3) is 0.400. The average Bonchev–Trinajstić information content (AvgIpc) is 2.79. The van der Waals surface area contributed by atoms with Gasteiger partial charge in [0, 0.05) is 41.4 Å². The molecule has 1 atom stereocenters. The van der Waals surface area contributed by atoms with Crippen LogP contribution in [0.5, 0.6) is 0 Å². The van der Waals surface area contributed by atoms with Crippen molar-refractivity contribution in [3.05, 3.63) is 51.5 Å². The number of nitrogens with one attached hydrogen (secondary N) is 1. The molecule has 0 fully saturated rings.